The van der Waals surface area contributed by atoms with E-state index >= 15 is 0 Å². The fraction of sp³-hybridized carbons (Fsp3) is 0.353. The first kappa shape index (κ1) is 14.3. The maximum absolute atomic E-state index is 9.53. The van der Waals surface area contributed by atoms with Gasteiger partial charge in [0.25, 0.3) is 0 Å². The summed E-state index contributed by atoms with van der Waals surface area (Å²) in [6, 6.07) is 9.89. The zero-order chi connectivity index (χ0) is 15.4. The molecule has 1 aliphatic rings. The molecule has 0 fully saturated rings. The minimum absolute atomic E-state index is 0.536. The number of allylic oxidation sites excluding steroid dienone is 1. The van der Waals surface area contributed by atoms with Gasteiger partial charge in [-0.1, -0.05) is 18.6 Å². The van der Waals surface area contributed by atoms with Gasteiger partial charge in [0.15, 0.2) is 5.82 Å². The fourth-order valence-corrected chi connectivity index (χ4v) is 2.73. The summed E-state index contributed by atoms with van der Waals surface area (Å²) in [5.74, 6) is 2.42. The molecule has 0 radical (unpaired) electrons. The lowest BCUT2D eigenvalue weighted by Crippen LogP contribution is -2.05. The number of benzene rings is 1. The topological polar surface area (TPSA) is 63.7 Å². The van der Waals surface area contributed by atoms with Crippen LogP contribution in [0.2, 0.25) is 0 Å². The first-order chi connectivity index (χ1) is 10.8. The molecule has 22 heavy (non-hydrogen) atoms. The van der Waals surface area contributed by atoms with Gasteiger partial charge in [0.1, 0.15) is 17.6 Å². The van der Waals surface area contributed by atoms with Crippen LogP contribution in [0.15, 0.2) is 24.3 Å². The average Bonchev–Trinajstić information content (AvgIpc) is 2.81. The van der Waals surface area contributed by atoms with E-state index in [2.05, 4.69) is 20.8 Å². The Kier molecular flexibility index (Phi) is 4.19. The van der Waals surface area contributed by atoms with Gasteiger partial charge in [0, 0.05) is 13.0 Å². The molecular weight excluding hydrogens is 276 g/mol. The number of hydrogen-bond donors (Lipinski definition) is 0. The summed E-state index contributed by atoms with van der Waals surface area (Å²) in [7, 11) is 1.63. The second-order valence-corrected chi connectivity index (χ2v) is 5.35. The van der Waals surface area contributed by atoms with E-state index in [9.17, 15) is 5.26 Å². The summed E-state index contributed by atoms with van der Waals surface area (Å²) in [6.45, 7) is 0.884. The molecule has 0 atom stereocenters. The third-order valence-electron chi connectivity index (χ3n) is 3.88. The van der Waals surface area contributed by atoms with E-state index in [-0.39, 0.29) is 0 Å². The Bertz CT molecular complexity index is 739. The second kappa shape index (κ2) is 6.44. The van der Waals surface area contributed by atoms with Crippen LogP contribution >= 0.6 is 0 Å². The van der Waals surface area contributed by atoms with Crippen molar-refractivity contribution >= 4 is 11.6 Å². The normalized spacial score (nSPS) is 14.8. The Balaban J connectivity index is 1.99. The summed E-state index contributed by atoms with van der Waals surface area (Å²) in [5.41, 5.74) is 1.45. The number of aromatic nitrogens is 3. The molecule has 0 saturated heterocycles. The van der Waals surface area contributed by atoms with E-state index in [4.69, 9.17) is 4.74 Å². The molecule has 5 nitrogen and oxygen atoms in total. The zero-order valence-electron chi connectivity index (χ0n) is 12.6. The third-order valence-corrected chi connectivity index (χ3v) is 3.88. The molecule has 0 amide bonds. The van der Waals surface area contributed by atoms with Gasteiger partial charge in [-0.3, -0.25) is 0 Å². The van der Waals surface area contributed by atoms with Crippen LogP contribution in [0.25, 0.3) is 11.6 Å². The second-order valence-electron chi connectivity index (χ2n) is 5.35. The van der Waals surface area contributed by atoms with E-state index in [1.54, 1.807) is 7.11 Å². The molecule has 1 aliphatic heterocycles. The standard InChI is InChI=1S/C17H18N4O/c1-22-15-7-5-6-13(11-15)10-14(12-18)17-20-19-16-8-3-2-4-9-21(16)17/h5-7,10-11H,2-4,8-9H2,1H3/b14-10+. The molecule has 1 aromatic heterocycles. The lowest BCUT2D eigenvalue weighted by molar-refractivity contribution is 0.414. The van der Waals surface area contributed by atoms with Crippen LogP contribution in [0.5, 0.6) is 5.75 Å². The monoisotopic (exact) mass is 294 g/mol. The number of ether oxygens (including phenoxy) is 1. The van der Waals surface area contributed by atoms with E-state index in [1.165, 1.54) is 6.42 Å². The predicted octanol–water partition coefficient (Wildman–Crippen LogP) is 3.08. The van der Waals surface area contributed by atoms with Crippen molar-refractivity contribution in [3.63, 3.8) is 0 Å². The molecular formula is C17H18N4O. The van der Waals surface area contributed by atoms with Crippen molar-refractivity contribution in [3.05, 3.63) is 41.5 Å². The van der Waals surface area contributed by atoms with Crippen molar-refractivity contribution in [1.29, 1.82) is 5.26 Å². The van der Waals surface area contributed by atoms with Crippen LogP contribution in [0.4, 0.5) is 0 Å². The van der Waals surface area contributed by atoms with Crippen LogP contribution in [0.3, 0.4) is 0 Å². The molecule has 2 heterocycles. The Morgan fingerprint density at radius 3 is 3.05 bits per heavy atom. The summed E-state index contributed by atoms with van der Waals surface area (Å²) < 4.78 is 7.31. The molecule has 0 saturated carbocycles. The van der Waals surface area contributed by atoms with Gasteiger partial charge >= 0.3 is 0 Å². The lowest BCUT2D eigenvalue weighted by atomic mass is 10.1. The maximum atomic E-state index is 9.53. The van der Waals surface area contributed by atoms with Crippen molar-refractivity contribution in [3.8, 4) is 11.8 Å². The first-order valence-electron chi connectivity index (χ1n) is 7.50. The van der Waals surface area contributed by atoms with Crippen LogP contribution in [0, 0.1) is 11.3 Å². The van der Waals surface area contributed by atoms with Crippen LogP contribution in [-0.2, 0) is 13.0 Å². The van der Waals surface area contributed by atoms with E-state index in [0.29, 0.717) is 11.4 Å². The first-order valence-corrected chi connectivity index (χ1v) is 7.50. The van der Waals surface area contributed by atoms with Gasteiger partial charge in [-0.2, -0.15) is 5.26 Å². The van der Waals surface area contributed by atoms with Gasteiger partial charge in [0.2, 0.25) is 0 Å². The quantitative estimate of drug-likeness (QED) is 0.816. The number of nitrogens with zero attached hydrogens (tertiary/aromatic N) is 4. The Hall–Kier alpha value is -2.61. The summed E-state index contributed by atoms with van der Waals surface area (Å²) in [6.07, 6.45) is 6.22. The Morgan fingerprint density at radius 1 is 1.32 bits per heavy atom. The van der Waals surface area contributed by atoms with Gasteiger partial charge < -0.3 is 9.30 Å². The SMILES string of the molecule is COc1cccc(/C=C(\C#N)c2nnc3n2CCCCC3)c1. The predicted molar refractivity (Wildman–Crippen MR) is 84.1 cm³/mol. The molecule has 0 spiro atoms. The number of hydrogen-bond acceptors (Lipinski definition) is 4. The molecule has 1 aromatic carbocycles. The largest absolute Gasteiger partial charge is 0.497 e. The Labute approximate surface area is 129 Å². The minimum Gasteiger partial charge on any atom is -0.497 e. The van der Waals surface area contributed by atoms with Gasteiger partial charge in [-0.15, -0.1) is 10.2 Å². The number of methoxy groups -OCH3 is 1. The summed E-state index contributed by atoms with van der Waals surface area (Å²) >= 11 is 0. The lowest BCUT2D eigenvalue weighted by Gasteiger charge is -2.06. The van der Waals surface area contributed by atoms with Crippen molar-refractivity contribution in [2.45, 2.75) is 32.2 Å². The number of fused-ring (bicyclic) bond motifs is 1. The average molecular weight is 294 g/mol. The van der Waals surface area contributed by atoms with Crippen molar-refractivity contribution in [1.82, 2.24) is 14.8 Å². The van der Waals surface area contributed by atoms with E-state index in [0.717, 1.165) is 42.9 Å². The van der Waals surface area contributed by atoms with Crippen molar-refractivity contribution in [2.75, 3.05) is 7.11 Å². The minimum atomic E-state index is 0.536. The summed E-state index contributed by atoms with van der Waals surface area (Å²) in [4.78, 5) is 0. The highest BCUT2D eigenvalue weighted by Crippen LogP contribution is 2.22. The molecule has 0 bridgehead atoms. The molecule has 0 N–H and O–H groups in total. The van der Waals surface area contributed by atoms with E-state index < -0.39 is 0 Å². The highest BCUT2D eigenvalue weighted by molar-refractivity contribution is 5.87. The summed E-state index contributed by atoms with van der Waals surface area (Å²) in [5, 5.41) is 18.0. The highest BCUT2D eigenvalue weighted by atomic mass is 16.5. The van der Waals surface area contributed by atoms with Gasteiger partial charge in [0.05, 0.1) is 12.7 Å². The highest BCUT2D eigenvalue weighted by Gasteiger charge is 2.17. The smallest absolute Gasteiger partial charge is 0.174 e. The molecule has 112 valence electrons. The van der Waals surface area contributed by atoms with Crippen LogP contribution in [-0.4, -0.2) is 21.9 Å². The number of nitriles is 1. The van der Waals surface area contributed by atoms with Crippen molar-refractivity contribution < 1.29 is 4.74 Å². The van der Waals surface area contributed by atoms with Crippen LogP contribution < -0.4 is 4.74 Å². The number of aryl methyl sites for hydroxylation is 1. The zero-order valence-corrected chi connectivity index (χ0v) is 12.6. The fourth-order valence-electron chi connectivity index (χ4n) is 2.73. The molecule has 0 aliphatic carbocycles. The molecule has 0 unspecified atom stereocenters. The van der Waals surface area contributed by atoms with Crippen LogP contribution in [0.1, 0.15) is 36.5 Å². The maximum Gasteiger partial charge on any atom is 0.174 e. The third kappa shape index (κ3) is 2.86. The molecule has 5 heteroatoms. The molecule has 2 aromatic rings. The Morgan fingerprint density at radius 2 is 2.23 bits per heavy atom. The molecule has 3 rings (SSSR count). The van der Waals surface area contributed by atoms with Crippen molar-refractivity contribution in [2.24, 2.45) is 0 Å². The van der Waals surface area contributed by atoms with Gasteiger partial charge in [-0.05, 0) is 36.6 Å². The number of rotatable bonds is 3. The van der Waals surface area contributed by atoms with E-state index in [1.807, 2.05) is 30.3 Å². The van der Waals surface area contributed by atoms with Gasteiger partial charge in [-0.25, -0.2) is 0 Å².